The molecule has 0 aliphatic heterocycles. The lowest BCUT2D eigenvalue weighted by Gasteiger charge is -2.07. The minimum atomic E-state index is 0.751. The molecule has 2 nitrogen and oxygen atoms in total. The lowest BCUT2D eigenvalue weighted by atomic mass is 10.3. The molecular formula is C13H13ClN2S. The molecule has 17 heavy (non-hydrogen) atoms. The van der Waals surface area contributed by atoms with E-state index in [2.05, 4.69) is 16.4 Å². The Morgan fingerprint density at radius 3 is 2.94 bits per heavy atom. The van der Waals surface area contributed by atoms with Crippen molar-refractivity contribution in [2.45, 2.75) is 16.5 Å². The molecule has 0 radical (unpaired) electrons. The van der Waals surface area contributed by atoms with Crippen LogP contribution in [-0.2, 0) is 6.54 Å². The molecule has 2 rings (SSSR count). The topological polar surface area (TPSA) is 24.9 Å². The van der Waals surface area contributed by atoms with Gasteiger partial charge in [-0.25, -0.2) is 4.98 Å². The van der Waals surface area contributed by atoms with Crippen molar-refractivity contribution in [2.24, 2.45) is 0 Å². The lowest BCUT2D eigenvalue weighted by molar-refractivity contribution is 0.790. The van der Waals surface area contributed by atoms with Crippen LogP contribution in [0.2, 0.25) is 5.02 Å². The predicted octanol–water partition coefficient (Wildman–Crippen LogP) is 3.61. The summed E-state index contributed by atoms with van der Waals surface area (Å²) in [5.41, 5.74) is 1.19. The Bertz CT molecular complexity index is 502. The normalized spacial score (nSPS) is 10.5. The SMILES string of the molecule is CNCc1cccnc1Sc1cccc(Cl)c1. The van der Waals surface area contributed by atoms with E-state index in [0.29, 0.717) is 0 Å². The van der Waals surface area contributed by atoms with Crippen molar-refractivity contribution in [3.05, 3.63) is 53.2 Å². The zero-order chi connectivity index (χ0) is 12.1. The molecule has 1 heterocycles. The van der Waals surface area contributed by atoms with Gasteiger partial charge in [0.2, 0.25) is 0 Å². The fraction of sp³-hybridized carbons (Fsp3) is 0.154. The number of aromatic nitrogens is 1. The van der Waals surface area contributed by atoms with Crippen LogP contribution in [0.15, 0.2) is 52.5 Å². The molecule has 0 bridgehead atoms. The second-order valence-corrected chi connectivity index (χ2v) is 5.06. The Morgan fingerprint density at radius 2 is 2.18 bits per heavy atom. The van der Waals surface area contributed by atoms with E-state index >= 15 is 0 Å². The molecule has 0 aliphatic carbocycles. The van der Waals surface area contributed by atoms with Crippen LogP contribution in [0.5, 0.6) is 0 Å². The van der Waals surface area contributed by atoms with Gasteiger partial charge in [-0.05, 0) is 36.9 Å². The van der Waals surface area contributed by atoms with Crippen molar-refractivity contribution in [3.8, 4) is 0 Å². The molecular weight excluding hydrogens is 252 g/mol. The van der Waals surface area contributed by atoms with Crippen molar-refractivity contribution in [3.63, 3.8) is 0 Å². The smallest absolute Gasteiger partial charge is 0.105 e. The molecule has 0 aliphatic rings. The van der Waals surface area contributed by atoms with Crippen LogP contribution in [0.1, 0.15) is 5.56 Å². The first-order valence-corrected chi connectivity index (χ1v) is 6.51. The van der Waals surface area contributed by atoms with Crippen molar-refractivity contribution in [2.75, 3.05) is 7.05 Å². The molecule has 4 heteroatoms. The summed E-state index contributed by atoms with van der Waals surface area (Å²) >= 11 is 7.60. The summed E-state index contributed by atoms with van der Waals surface area (Å²) in [5.74, 6) is 0. The van der Waals surface area contributed by atoms with E-state index in [1.807, 2.05) is 43.6 Å². The van der Waals surface area contributed by atoms with E-state index in [0.717, 1.165) is 21.5 Å². The zero-order valence-corrected chi connectivity index (χ0v) is 11.1. The Morgan fingerprint density at radius 1 is 1.29 bits per heavy atom. The zero-order valence-electron chi connectivity index (χ0n) is 9.48. The van der Waals surface area contributed by atoms with Crippen LogP contribution in [0.4, 0.5) is 0 Å². The molecule has 88 valence electrons. The Labute approximate surface area is 110 Å². The average Bonchev–Trinajstić information content (AvgIpc) is 2.32. The third-order valence-corrected chi connectivity index (χ3v) is 3.51. The molecule has 0 saturated heterocycles. The summed E-state index contributed by atoms with van der Waals surface area (Å²) in [6, 6.07) is 11.8. The summed E-state index contributed by atoms with van der Waals surface area (Å²) in [4.78, 5) is 5.51. The fourth-order valence-electron chi connectivity index (χ4n) is 1.48. The number of benzene rings is 1. The van der Waals surface area contributed by atoms with E-state index in [1.54, 1.807) is 11.8 Å². The van der Waals surface area contributed by atoms with Gasteiger partial charge in [-0.3, -0.25) is 0 Å². The van der Waals surface area contributed by atoms with Crippen LogP contribution >= 0.6 is 23.4 Å². The summed E-state index contributed by atoms with van der Waals surface area (Å²) in [6.45, 7) is 0.816. The first-order chi connectivity index (χ1) is 8.29. The number of pyridine rings is 1. The van der Waals surface area contributed by atoms with E-state index < -0.39 is 0 Å². The highest BCUT2D eigenvalue weighted by Gasteiger charge is 2.05. The Kier molecular flexibility index (Phi) is 4.42. The van der Waals surface area contributed by atoms with Gasteiger partial charge in [0.25, 0.3) is 0 Å². The van der Waals surface area contributed by atoms with Crippen LogP contribution in [0.3, 0.4) is 0 Å². The summed E-state index contributed by atoms with van der Waals surface area (Å²) in [6.07, 6.45) is 1.81. The molecule has 1 N–H and O–H groups in total. The third-order valence-electron chi connectivity index (χ3n) is 2.23. The van der Waals surface area contributed by atoms with Crippen LogP contribution in [-0.4, -0.2) is 12.0 Å². The van der Waals surface area contributed by atoms with E-state index in [9.17, 15) is 0 Å². The first kappa shape index (κ1) is 12.4. The maximum atomic E-state index is 5.97. The number of rotatable bonds is 4. The molecule has 2 aromatic rings. The Hall–Kier alpha value is -1.03. The maximum Gasteiger partial charge on any atom is 0.105 e. The highest BCUT2D eigenvalue weighted by atomic mass is 35.5. The number of hydrogen-bond acceptors (Lipinski definition) is 3. The van der Waals surface area contributed by atoms with E-state index in [1.165, 1.54) is 5.56 Å². The van der Waals surface area contributed by atoms with Gasteiger partial charge in [-0.1, -0.05) is 35.5 Å². The number of halogens is 1. The number of nitrogens with one attached hydrogen (secondary N) is 1. The van der Waals surface area contributed by atoms with Crippen molar-refractivity contribution in [1.82, 2.24) is 10.3 Å². The van der Waals surface area contributed by atoms with Crippen LogP contribution in [0, 0.1) is 0 Å². The fourth-order valence-corrected chi connectivity index (χ4v) is 2.68. The molecule has 0 atom stereocenters. The highest BCUT2D eigenvalue weighted by Crippen LogP contribution is 2.29. The molecule has 0 saturated carbocycles. The quantitative estimate of drug-likeness (QED) is 0.913. The van der Waals surface area contributed by atoms with Crippen molar-refractivity contribution >= 4 is 23.4 Å². The molecule has 1 aromatic carbocycles. The van der Waals surface area contributed by atoms with Gasteiger partial charge in [-0.2, -0.15) is 0 Å². The van der Waals surface area contributed by atoms with Gasteiger partial charge in [0.05, 0.1) is 0 Å². The van der Waals surface area contributed by atoms with Gasteiger partial charge in [0.15, 0.2) is 0 Å². The van der Waals surface area contributed by atoms with Gasteiger partial charge in [0, 0.05) is 22.7 Å². The van der Waals surface area contributed by atoms with Crippen LogP contribution in [0.25, 0.3) is 0 Å². The van der Waals surface area contributed by atoms with Crippen molar-refractivity contribution < 1.29 is 0 Å². The second kappa shape index (κ2) is 6.05. The predicted molar refractivity (Wildman–Crippen MR) is 72.6 cm³/mol. The summed E-state index contributed by atoms with van der Waals surface area (Å²) in [5, 5.41) is 4.91. The number of hydrogen-bond donors (Lipinski definition) is 1. The Balaban J connectivity index is 2.23. The van der Waals surface area contributed by atoms with E-state index in [4.69, 9.17) is 11.6 Å². The highest BCUT2D eigenvalue weighted by molar-refractivity contribution is 7.99. The summed E-state index contributed by atoms with van der Waals surface area (Å²) < 4.78 is 0. The minimum Gasteiger partial charge on any atom is -0.316 e. The molecule has 0 fully saturated rings. The maximum absolute atomic E-state index is 5.97. The second-order valence-electron chi connectivity index (χ2n) is 3.56. The van der Waals surface area contributed by atoms with Gasteiger partial charge in [-0.15, -0.1) is 0 Å². The summed E-state index contributed by atoms with van der Waals surface area (Å²) in [7, 11) is 1.93. The molecule has 1 aromatic heterocycles. The van der Waals surface area contributed by atoms with Gasteiger partial charge in [0.1, 0.15) is 5.03 Å². The molecule has 0 spiro atoms. The van der Waals surface area contributed by atoms with Crippen LogP contribution < -0.4 is 5.32 Å². The average molecular weight is 265 g/mol. The van der Waals surface area contributed by atoms with E-state index in [-0.39, 0.29) is 0 Å². The minimum absolute atomic E-state index is 0.751. The molecule has 0 unspecified atom stereocenters. The monoisotopic (exact) mass is 264 g/mol. The largest absolute Gasteiger partial charge is 0.316 e. The van der Waals surface area contributed by atoms with Gasteiger partial charge < -0.3 is 5.32 Å². The number of nitrogens with zero attached hydrogens (tertiary/aromatic N) is 1. The first-order valence-electron chi connectivity index (χ1n) is 5.31. The third kappa shape index (κ3) is 3.46. The standard InChI is InChI=1S/C13H13ClN2S/c1-15-9-10-4-3-7-16-13(10)17-12-6-2-5-11(14)8-12/h2-8,15H,9H2,1H3. The van der Waals surface area contributed by atoms with Gasteiger partial charge >= 0.3 is 0 Å². The lowest BCUT2D eigenvalue weighted by Crippen LogP contribution is -2.06. The molecule has 0 amide bonds. The van der Waals surface area contributed by atoms with Crippen molar-refractivity contribution in [1.29, 1.82) is 0 Å².